The van der Waals surface area contributed by atoms with Gasteiger partial charge >= 0.3 is 0 Å². The minimum atomic E-state index is -0.860. The van der Waals surface area contributed by atoms with Crippen LogP contribution >= 0.6 is 0 Å². The maximum Gasteiger partial charge on any atom is 0.239 e. The molecule has 1 aromatic rings. The fourth-order valence-electron chi connectivity index (χ4n) is 2.72. The van der Waals surface area contributed by atoms with E-state index in [1.807, 2.05) is 13.8 Å². The van der Waals surface area contributed by atoms with E-state index in [2.05, 4.69) is 5.32 Å². The second kappa shape index (κ2) is 7.25. The summed E-state index contributed by atoms with van der Waals surface area (Å²) in [6.07, 6.45) is 0.823. The summed E-state index contributed by atoms with van der Waals surface area (Å²) >= 11 is 0. The molecule has 132 valence electrons. The molecule has 0 spiro atoms. The number of nitrogens with zero attached hydrogens (tertiary/aromatic N) is 1. The normalized spacial score (nSPS) is 18.1. The average Bonchev–Trinajstić information content (AvgIpc) is 2.85. The lowest BCUT2D eigenvalue weighted by molar-refractivity contribution is -0.132. The molecule has 1 aliphatic rings. The van der Waals surface area contributed by atoms with Crippen molar-refractivity contribution in [2.24, 2.45) is 11.3 Å². The molecule has 1 fully saturated rings. The van der Waals surface area contributed by atoms with Gasteiger partial charge in [0.1, 0.15) is 17.6 Å². The summed E-state index contributed by atoms with van der Waals surface area (Å²) < 4.78 is 26.6. The van der Waals surface area contributed by atoms with Crippen LogP contribution in [0.1, 0.15) is 26.7 Å². The lowest BCUT2D eigenvalue weighted by Gasteiger charge is -2.24. The molecule has 7 heteroatoms. The van der Waals surface area contributed by atoms with Crippen LogP contribution < -0.4 is 10.2 Å². The summed E-state index contributed by atoms with van der Waals surface area (Å²) in [6, 6.07) is 2.88. The zero-order chi connectivity index (χ0) is 17.9. The van der Waals surface area contributed by atoms with Crippen molar-refractivity contribution in [3.63, 3.8) is 0 Å². The number of halogens is 2. The molecule has 1 saturated heterocycles. The Bertz CT molecular complexity index is 614. The fourth-order valence-corrected chi connectivity index (χ4v) is 2.72. The highest BCUT2D eigenvalue weighted by molar-refractivity contribution is 6.09. The second-order valence-electron chi connectivity index (χ2n) is 6.81. The van der Waals surface area contributed by atoms with Crippen molar-refractivity contribution in [1.82, 2.24) is 5.32 Å². The topological polar surface area (TPSA) is 69.6 Å². The van der Waals surface area contributed by atoms with Crippen molar-refractivity contribution in [1.29, 1.82) is 0 Å². The lowest BCUT2D eigenvalue weighted by atomic mass is 9.89. The quantitative estimate of drug-likeness (QED) is 0.777. The summed E-state index contributed by atoms with van der Waals surface area (Å²) in [5.41, 5.74) is -0.161. The third kappa shape index (κ3) is 4.29. The van der Waals surface area contributed by atoms with E-state index >= 15 is 0 Å². The molecule has 0 bridgehead atoms. The molecule has 0 aromatic heterocycles. The first-order chi connectivity index (χ1) is 11.2. The van der Waals surface area contributed by atoms with Gasteiger partial charge in [-0.3, -0.25) is 9.59 Å². The van der Waals surface area contributed by atoms with Gasteiger partial charge in [0.25, 0.3) is 0 Å². The summed E-state index contributed by atoms with van der Waals surface area (Å²) in [7, 11) is 0. The van der Waals surface area contributed by atoms with Crippen molar-refractivity contribution in [3.05, 3.63) is 29.8 Å². The van der Waals surface area contributed by atoms with Gasteiger partial charge in [0.15, 0.2) is 0 Å². The molecular weight excluding hydrogens is 318 g/mol. The van der Waals surface area contributed by atoms with Crippen molar-refractivity contribution in [2.45, 2.75) is 26.7 Å². The Morgan fingerprint density at radius 2 is 1.96 bits per heavy atom. The maximum absolute atomic E-state index is 13.3. The molecule has 5 nitrogen and oxygen atoms in total. The molecule has 0 aliphatic carbocycles. The second-order valence-corrected chi connectivity index (χ2v) is 6.81. The number of nitrogens with one attached hydrogen (secondary N) is 1. The zero-order valence-electron chi connectivity index (χ0n) is 13.8. The number of anilines is 1. The van der Waals surface area contributed by atoms with E-state index < -0.39 is 29.4 Å². The highest BCUT2D eigenvalue weighted by Gasteiger charge is 2.38. The number of carbonyl (C=O) groups is 2. The monoisotopic (exact) mass is 340 g/mol. The van der Waals surface area contributed by atoms with Gasteiger partial charge in [-0.05, 0) is 30.4 Å². The Morgan fingerprint density at radius 1 is 1.33 bits per heavy atom. The number of hydrogen-bond acceptors (Lipinski definition) is 3. The number of benzene rings is 1. The fraction of sp³-hybridized carbons (Fsp3) is 0.529. The van der Waals surface area contributed by atoms with Gasteiger partial charge in [0, 0.05) is 31.5 Å². The van der Waals surface area contributed by atoms with Crippen molar-refractivity contribution in [3.8, 4) is 0 Å². The van der Waals surface area contributed by atoms with Crippen LogP contribution in [0.5, 0.6) is 0 Å². The summed E-state index contributed by atoms with van der Waals surface area (Å²) in [4.78, 5) is 25.9. The lowest BCUT2D eigenvalue weighted by Crippen LogP contribution is -2.41. The van der Waals surface area contributed by atoms with Gasteiger partial charge in [-0.25, -0.2) is 8.78 Å². The molecule has 1 atom stereocenters. The highest BCUT2D eigenvalue weighted by Crippen LogP contribution is 2.27. The first kappa shape index (κ1) is 18.3. The van der Waals surface area contributed by atoms with Crippen LogP contribution in [0.15, 0.2) is 18.2 Å². The Hall–Kier alpha value is -2.02. The first-order valence-corrected chi connectivity index (χ1v) is 7.89. The number of rotatable bonds is 6. The standard InChI is InChI=1S/C17H22F2N2O3/c1-17(2,4-6-22)10-20-15(23)14-3-5-21(16(14)24)13-8-11(18)7-12(19)9-13/h7-9,14,22H,3-6,10H2,1-2H3,(H,20,23). The van der Waals surface area contributed by atoms with E-state index in [1.165, 1.54) is 4.90 Å². The summed E-state index contributed by atoms with van der Waals surface area (Å²) in [5.74, 6) is -3.25. The Labute approximate surface area is 139 Å². The molecular formula is C17H22F2N2O3. The van der Waals surface area contributed by atoms with Crippen LogP contribution in [0.25, 0.3) is 0 Å². The van der Waals surface area contributed by atoms with E-state index in [9.17, 15) is 18.4 Å². The molecule has 1 heterocycles. The number of amides is 2. The minimum Gasteiger partial charge on any atom is -0.396 e. The van der Waals surface area contributed by atoms with Crippen molar-refractivity contribution < 1.29 is 23.5 Å². The third-order valence-corrected chi connectivity index (χ3v) is 4.21. The predicted octanol–water partition coefficient (Wildman–Crippen LogP) is 1.84. The summed E-state index contributed by atoms with van der Waals surface area (Å²) in [5, 5.41) is 11.7. The summed E-state index contributed by atoms with van der Waals surface area (Å²) in [6.45, 7) is 4.40. The third-order valence-electron chi connectivity index (χ3n) is 4.21. The number of carbonyl (C=O) groups excluding carboxylic acids is 2. The molecule has 1 aromatic carbocycles. The Kier molecular flexibility index (Phi) is 5.54. The number of aliphatic hydroxyl groups excluding tert-OH is 1. The van der Waals surface area contributed by atoms with E-state index in [4.69, 9.17) is 5.11 Å². The van der Waals surface area contributed by atoms with Gasteiger partial charge in [-0.2, -0.15) is 0 Å². The van der Waals surface area contributed by atoms with Crippen LogP contribution in [0.3, 0.4) is 0 Å². The van der Waals surface area contributed by atoms with Gasteiger partial charge in [-0.15, -0.1) is 0 Å². The van der Waals surface area contributed by atoms with Crippen LogP contribution in [0, 0.1) is 23.0 Å². The molecule has 1 aliphatic heterocycles. The maximum atomic E-state index is 13.3. The van der Waals surface area contributed by atoms with Crippen LogP contribution in [-0.2, 0) is 9.59 Å². The van der Waals surface area contributed by atoms with Crippen molar-refractivity contribution in [2.75, 3.05) is 24.6 Å². The smallest absolute Gasteiger partial charge is 0.239 e. The molecule has 0 saturated carbocycles. The van der Waals surface area contributed by atoms with Gasteiger partial charge < -0.3 is 15.3 Å². The van der Waals surface area contributed by atoms with Gasteiger partial charge in [0.05, 0.1) is 0 Å². The van der Waals surface area contributed by atoms with Crippen LogP contribution in [0.2, 0.25) is 0 Å². The molecule has 0 radical (unpaired) electrons. The van der Waals surface area contributed by atoms with E-state index in [0.29, 0.717) is 19.4 Å². The highest BCUT2D eigenvalue weighted by atomic mass is 19.1. The average molecular weight is 340 g/mol. The molecule has 2 N–H and O–H groups in total. The van der Waals surface area contributed by atoms with E-state index in [1.54, 1.807) is 0 Å². The number of hydrogen-bond donors (Lipinski definition) is 2. The largest absolute Gasteiger partial charge is 0.396 e. The van der Waals surface area contributed by atoms with Crippen LogP contribution in [-0.4, -0.2) is 36.6 Å². The zero-order valence-corrected chi connectivity index (χ0v) is 13.8. The van der Waals surface area contributed by atoms with E-state index in [0.717, 1.165) is 18.2 Å². The Morgan fingerprint density at radius 3 is 2.54 bits per heavy atom. The molecule has 2 rings (SSSR count). The van der Waals surface area contributed by atoms with Crippen LogP contribution in [0.4, 0.5) is 14.5 Å². The number of aliphatic hydroxyl groups is 1. The van der Waals surface area contributed by atoms with Crippen molar-refractivity contribution >= 4 is 17.5 Å². The van der Waals surface area contributed by atoms with E-state index in [-0.39, 0.29) is 24.3 Å². The van der Waals surface area contributed by atoms with Gasteiger partial charge in [0.2, 0.25) is 11.8 Å². The first-order valence-electron chi connectivity index (χ1n) is 7.89. The predicted molar refractivity (Wildman–Crippen MR) is 85.3 cm³/mol. The molecule has 2 amide bonds. The van der Waals surface area contributed by atoms with Gasteiger partial charge in [-0.1, -0.05) is 13.8 Å². The molecule has 24 heavy (non-hydrogen) atoms. The molecule has 1 unspecified atom stereocenters. The Balaban J connectivity index is 2.01. The SMILES string of the molecule is CC(C)(CCO)CNC(=O)C1CCN(c2cc(F)cc(F)c2)C1=O. The minimum absolute atomic E-state index is 0.0180.